The molecule has 23 heavy (non-hydrogen) atoms. The molecule has 0 saturated heterocycles. The Hall–Kier alpha value is -2.94. The molecule has 0 N–H and O–H groups in total. The third-order valence-corrected chi connectivity index (χ3v) is 3.96. The fourth-order valence-electron chi connectivity index (χ4n) is 2.50. The average molecular weight is 309 g/mol. The molecule has 2 heterocycles. The van der Waals surface area contributed by atoms with Crippen LogP contribution in [0.2, 0.25) is 0 Å². The van der Waals surface area contributed by atoms with E-state index in [0.717, 1.165) is 11.1 Å². The molecule has 116 valence electrons. The van der Waals surface area contributed by atoms with Crippen molar-refractivity contribution in [2.24, 2.45) is 0 Å². The minimum absolute atomic E-state index is 0.108. The smallest absolute Gasteiger partial charge is 0.311 e. The number of hydrogen-bond acceptors (Lipinski definition) is 6. The van der Waals surface area contributed by atoms with Gasteiger partial charge in [0, 0.05) is 6.07 Å². The second-order valence-electron chi connectivity index (χ2n) is 5.58. The largest absolute Gasteiger partial charge is 0.436 e. The van der Waals surface area contributed by atoms with Gasteiger partial charge in [0.05, 0.1) is 12.1 Å². The van der Waals surface area contributed by atoms with Crippen LogP contribution in [0.3, 0.4) is 0 Å². The highest BCUT2D eigenvalue weighted by Crippen LogP contribution is 2.37. The number of benzene rings is 1. The highest BCUT2D eigenvalue weighted by Gasteiger charge is 2.24. The lowest BCUT2D eigenvalue weighted by Gasteiger charge is -2.21. The Bertz CT molecular complexity index is 840. The maximum absolute atomic E-state index is 11.6. The molecule has 3 rings (SSSR count). The van der Waals surface area contributed by atoms with Crippen LogP contribution < -0.4 is 9.47 Å². The fourth-order valence-corrected chi connectivity index (χ4v) is 2.50. The highest BCUT2D eigenvalue weighted by molar-refractivity contribution is 5.76. The number of aromatic nitrogens is 2. The zero-order valence-corrected chi connectivity index (χ0v) is 13.1. The summed E-state index contributed by atoms with van der Waals surface area (Å²) in [6.07, 6.45) is 0.369. The van der Waals surface area contributed by atoms with Gasteiger partial charge in [0.15, 0.2) is 0 Å². The van der Waals surface area contributed by atoms with Gasteiger partial charge in [0.1, 0.15) is 23.1 Å². The predicted octanol–water partition coefficient (Wildman–Crippen LogP) is 3.17. The van der Waals surface area contributed by atoms with Crippen LogP contribution in [0.25, 0.3) is 0 Å². The molecule has 1 unspecified atom stereocenters. The molecule has 1 aromatic carbocycles. The zero-order chi connectivity index (χ0) is 16.6. The van der Waals surface area contributed by atoms with E-state index in [1.54, 1.807) is 26.0 Å². The van der Waals surface area contributed by atoms with E-state index in [1.165, 1.54) is 0 Å². The number of esters is 1. The number of carbonyl (C=O) groups is 1. The second-order valence-corrected chi connectivity index (χ2v) is 5.58. The standard InChI is InChI=1S/C17H15N3O3/c1-9-6-16(21)23-15-7-12(4-5-13(9)15)22-17-14(8-18)10(2)11(3)19-20-17/h4-5,7,9H,6H2,1-3H3. The van der Waals surface area contributed by atoms with Crippen LogP contribution in [0.1, 0.15) is 41.6 Å². The molecule has 0 aliphatic carbocycles. The minimum atomic E-state index is -0.258. The molecule has 6 heteroatoms. The quantitative estimate of drug-likeness (QED) is 0.625. The number of aryl methyl sites for hydroxylation is 1. The van der Waals surface area contributed by atoms with Crippen LogP contribution in [0.5, 0.6) is 17.4 Å². The number of ether oxygens (including phenoxy) is 2. The lowest BCUT2D eigenvalue weighted by atomic mass is 9.95. The first-order valence-electron chi connectivity index (χ1n) is 7.26. The maximum Gasteiger partial charge on any atom is 0.311 e. The average Bonchev–Trinajstić information content (AvgIpc) is 2.51. The van der Waals surface area contributed by atoms with E-state index in [1.807, 2.05) is 13.0 Å². The summed E-state index contributed by atoms with van der Waals surface area (Å²) in [7, 11) is 0. The summed E-state index contributed by atoms with van der Waals surface area (Å²) in [6.45, 7) is 5.56. The summed E-state index contributed by atoms with van der Waals surface area (Å²) >= 11 is 0. The molecule has 0 bridgehead atoms. The molecular weight excluding hydrogens is 294 g/mol. The molecular formula is C17H15N3O3. The van der Waals surface area contributed by atoms with E-state index in [9.17, 15) is 10.1 Å². The first-order valence-corrected chi connectivity index (χ1v) is 7.26. The van der Waals surface area contributed by atoms with Crippen molar-refractivity contribution < 1.29 is 14.3 Å². The monoisotopic (exact) mass is 309 g/mol. The number of rotatable bonds is 2. The van der Waals surface area contributed by atoms with Crippen LogP contribution in [0.4, 0.5) is 0 Å². The molecule has 0 fully saturated rings. The number of hydrogen-bond donors (Lipinski definition) is 0. The lowest BCUT2D eigenvalue weighted by molar-refractivity contribution is -0.135. The van der Waals surface area contributed by atoms with Crippen LogP contribution in [-0.4, -0.2) is 16.2 Å². The Morgan fingerprint density at radius 2 is 2.13 bits per heavy atom. The Morgan fingerprint density at radius 3 is 2.87 bits per heavy atom. The molecule has 0 amide bonds. The summed E-state index contributed by atoms with van der Waals surface area (Å²) in [6, 6.07) is 7.36. The molecule has 1 aromatic heterocycles. The van der Waals surface area contributed by atoms with E-state index < -0.39 is 0 Å². The van der Waals surface area contributed by atoms with Gasteiger partial charge in [-0.1, -0.05) is 13.0 Å². The lowest BCUT2D eigenvalue weighted by Crippen LogP contribution is -2.18. The summed E-state index contributed by atoms with van der Waals surface area (Å²) in [5, 5.41) is 17.2. The maximum atomic E-state index is 11.6. The van der Waals surface area contributed by atoms with Gasteiger partial charge in [-0.3, -0.25) is 4.79 Å². The topological polar surface area (TPSA) is 85.1 Å². The van der Waals surface area contributed by atoms with Crippen LogP contribution in [-0.2, 0) is 4.79 Å². The van der Waals surface area contributed by atoms with E-state index in [0.29, 0.717) is 29.2 Å². The van der Waals surface area contributed by atoms with Gasteiger partial charge in [0.25, 0.3) is 5.88 Å². The van der Waals surface area contributed by atoms with Crippen LogP contribution in [0.15, 0.2) is 18.2 Å². The third kappa shape index (κ3) is 2.73. The van der Waals surface area contributed by atoms with Gasteiger partial charge < -0.3 is 9.47 Å². The van der Waals surface area contributed by atoms with Crippen molar-refractivity contribution in [3.8, 4) is 23.4 Å². The molecule has 6 nitrogen and oxygen atoms in total. The first-order chi connectivity index (χ1) is 11.0. The van der Waals surface area contributed by atoms with Gasteiger partial charge in [-0.15, -0.1) is 5.10 Å². The van der Waals surface area contributed by atoms with Crippen molar-refractivity contribution in [2.75, 3.05) is 0 Å². The van der Waals surface area contributed by atoms with Gasteiger partial charge in [-0.2, -0.15) is 10.4 Å². The Balaban J connectivity index is 1.96. The van der Waals surface area contributed by atoms with Crippen molar-refractivity contribution in [2.45, 2.75) is 33.1 Å². The van der Waals surface area contributed by atoms with Crippen LogP contribution in [0, 0.1) is 25.2 Å². The Kier molecular flexibility index (Phi) is 3.70. The molecule has 1 atom stereocenters. The number of nitriles is 1. The summed E-state index contributed by atoms with van der Waals surface area (Å²) in [5.74, 6) is 0.925. The summed E-state index contributed by atoms with van der Waals surface area (Å²) < 4.78 is 10.9. The number of fused-ring (bicyclic) bond motifs is 1. The molecule has 0 radical (unpaired) electrons. The molecule has 1 aliphatic rings. The normalized spacial score (nSPS) is 16.3. The summed E-state index contributed by atoms with van der Waals surface area (Å²) in [5.41, 5.74) is 2.72. The van der Waals surface area contributed by atoms with Crippen molar-refractivity contribution >= 4 is 5.97 Å². The number of nitrogens with zero attached hydrogens (tertiary/aromatic N) is 3. The number of carbonyl (C=O) groups excluding carboxylic acids is 1. The molecule has 2 aromatic rings. The van der Waals surface area contributed by atoms with Crippen molar-refractivity contribution in [3.05, 3.63) is 40.6 Å². The van der Waals surface area contributed by atoms with Crippen molar-refractivity contribution in [3.63, 3.8) is 0 Å². The minimum Gasteiger partial charge on any atom is -0.436 e. The first kappa shape index (κ1) is 15.0. The predicted molar refractivity (Wildman–Crippen MR) is 81.4 cm³/mol. The third-order valence-electron chi connectivity index (χ3n) is 3.96. The summed E-state index contributed by atoms with van der Waals surface area (Å²) in [4.78, 5) is 11.6. The van der Waals surface area contributed by atoms with Gasteiger partial charge in [-0.25, -0.2) is 0 Å². The van der Waals surface area contributed by atoms with Gasteiger partial charge >= 0.3 is 5.97 Å². The van der Waals surface area contributed by atoms with Gasteiger partial charge in [-0.05, 0) is 37.0 Å². The van der Waals surface area contributed by atoms with Crippen molar-refractivity contribution in [1.82, 2.24) is 10.2 Å². The van der Waals surface area contributed by atoms with E-state index in [2.05, 4.69) is 16.3 Å². The zero-order valence-electron chi connectivity index (χ0n) is 13.1. The molecule has 0 saturated carbocycles. The SMILES string of the molecule is Cc1nnc(Oc2ccc3c(c2)OC(=O)CC3C)c(C#N)c1C. The molecule has 1 aliphatic heterocycles. The van der Waals surface area contributed by atoms with E-state index in [4.69, 9.17) is 9.47 Å². The van der Waals surface area contributed by atoms with Crippen LogP contribution >= 0.6 is 0 Å². The Labute approximate surface area is 133 Å². The fraction of sp³-hybridized carbons (Fsp3) is 0.294. The Morgan fingerprint density at radius 1 is 1.35 bits per heavy atom. The second kappa shape index (κ2) is 5.69. The highest BCUT2D eigenvalue weighted by atomic mass is 16.5. The molecule has 0 spiro atoms. The van der Waals surface area contributed by atoms with E-state index in [-0.39, 0.29) is 17.8 Å². The van der Waals surface area contributed by atoms with E-state index >= 15 is 0 Å². The van der Waals surface area contributed by atoms with Crippen molar-refractivity contribution in [1.29, 1.82) is 5.26 Å². The van der Waals surface area contributed by atoms with Gasteiger partial charge in [0.2, 0.25) is 0 Å².